The first kappa shape index (κ1) is 22.9. The van der Waals surface area contributed by atoms with Gasteiger partial charge in [0.1, 0.15) is 5.75 Å². The lowest BCUT2D eigenvalue weighted by Crippen LogP contribution is -2.46. The molecular formula is C26H34N2O3S. The fourth-order valence-electron chi connectivity index (χ4n) is 4.78. The second-order valence-electron chi connectivity index (χ2n) is 9.71. The maximum absolute atomic E-state index is 13.6. The largest absolute Gasteiger partial charge is 0.496 e. The Hall–Kier alpha value is -2.31. The molecule has 1 amide bonds. The lowest BCUT2D eigenvalue weighted by Gasteiger charge is -2.40. The van der Waals surface area contributed by atoms with E-state index in [0.717, 1.165) is 36.4 Å². The van der Waals surface area contributed by atoms with Gasteiger partial charge in [-0.3, -0.25) is 4.79 Å². The van der Waals surface area contributed by atoms with E-state index in [1.807, 2.05) is 11.9 Å². The van der Waals surface area contributed by atoms with Gasteiger partial charge in [-0.1, -0.05) is 6.07 Å². The maximum Gasteiger partial charge on any atom is 0.270 e. The normalized spacial score (nSPS) is 19.9. The molecule has 2 unspecified atom stereocenters. The van der Waals surface area contributed by atoms with Crippen molar-refractivity contribution in [1.29, 1.82) is 0 Å². The highest BCUT2D eigenvalue weighted by Gasteiger charge is 2.44. The number of nitrogens with zero attached hydrogens (tertiary/aromatic N) is 2. The van der Waals surface area contributed by atoms with E-state index in [1.165, 1.54) is 16.0 Å². The fraction of sp³-hybridized carbons (Fsp3) is 0.500. The molecule has 0 saturated carbocycles. The highest BCUT2D eigenvalue weighted by molar-refractivity contribution is 7.10. The van der Waals surface area contributed by atoms with Gasteiger partial charge in [0.15, 0.2) is 0 Å². The van der Waals surface area contributed by atoms with Gasteiger partial charge in [-0.2, -0.15) is 0 Å². The Kier molecular flexibility index (Phi) is 6.37. The van der Waals surface area contributed by atoms with Crippen LogP contribution in [0, 0.1) is 0 Å². The standard InChI is InChI=1S/C26H34N2O3S/c1-26(2,3)27(4)25(30)21-16-20(23-9-7-13-32-23)24-19-14-18(8-6-12-29)22(31-5)15-17(19)10-11-28(21)24/h7,9,13-16,20,24,29H,6,8,10-12H2,1-5H3. The van der Waals surface area contributed by atoms with E-state index >= 15 is 0 Å². The summed E-state index contributed by atoms with van der Waals surface area (Å²) in [6.07, 6.45) is 4.54. The lowest BCUT2D eigenvalue weighted by atomic mass is 9.84. The Morgan fingerprint density at radius 3 is 2.75 bits per heavy atom. The minimum atomic E-state index is -0.243. The van der Waals surface area contributed by atoms with Crippen LogP contribution in [0.15, 0.2) is 41.4 Å². The maximum atomic E-state index is 13.6. The first-order valence-corrected chi connectivity index (χ1v) is 12.2. The topological polar surface area (TPSA) is 53.0 Å². The van der Waals surface area contributed by atoms with E-state index in [0.29, 0.717) is 6.42 Å². The number of likely N-dealkylation sites (N-methyl/N-ethyl adjacent to an activating group) is 1. The number of methoxy groups -OCH3 is 1. The SMILES string of the molecule is COc1cc2c(cc1CCCO)C1C(c3cccs3)C=C(C(=O)N(C)C(C)(C)C)N1CC2. The number of hydrogen-bond donors (Lipinski definition) is 1. The summed E-state index contributed by atoms with van der Waals surface area (Å²) in [5.41, 5.74) is 4.26. The van der Waals surface area contributed by atoms with Gasteiger partial charge in [0, 0.05) is 36.5 Å². The average molecular weight is 455 g/mol. The smallest absolute Gasteiger partial charge is 0.270 e. The highest BCUT2D eigenvalue weighted by Crippen LogP contribution is 2.50. The predicted octanol–water partition coefficient (Wildman–Crippen LogP) is 4.52. The Morgan fingerprint density at radius 2 is 2.12 bits per heavy atom. The number of fused-ring (bicyclic) bond motifs is 3. The molecule has 0 bridgehead atoms. The van der Waals surface area contributed by atoms with Crippen LogP contribution in [-0.2, 0) is 17.6 Å². The van der Waals surface area contributed by atoms with Crippen molar-refractivity contribution in [3.05, 3.63) is 63.0 Å². The van der Waals surface area contributed by atoms with E-state index in [4.69, 9.17) is 4.74 Å². The molecule has 1 aromatic carbocycles. The number of benzene rings is 1. The molecule has 172 valence electrons. The zero-order valence-corrected chi connectivity index (χ0v) is 20.5. The van der Waals surface area contributed by atoms with Crippen molar-refractivity contribution >= 4 is 17.2 Å². The van der Waals surface area contributed by atoms with Gasteiger partial charge in [-0.25, -0.2) is 0 Å². The molecule has 0 fully saturated rings. The number of aliphatic hydroxyl groups excluding tert-OH is 1. The van der Waals surface area contributed by atoms with Crippen LogP contribution in [0.2, 0.25) is 0 Å². The lowest BCUT2D eigenvalue weighted by molar-refractivity contribution is -0.131. The highest BCUT2D eigenvalue weighted by atomic mass is 32.1. The van der Waals surface area contributed by atoms with E-state index in [-0.39, 0.29) is 30.0 Å². The van der Waals surface area contributed by atoms with Crippen molar-refractivity contribution in [1.82, 2.24) is 9.80 Å². The molecule has 2 aliphatic heterocycles. The van der Waals surface area contributed by atoms with Crippen molar-refractivity contribution in [3.63, 3.8) is 0 Å². The molecule has 1 N–H and O–H groups in total. The van der Waals surface area contributed by atoms with E-state index in [9.17, 15) is 9.90 Å². The van der Waals surface area contributed by atoms with Crippen LogP contribution in [-0.4, -0.2) is 53.7 Å². The number of thiophene rings is 1. The second kappa shape index (κ2) is 8.91. The molecule has 6 heteroatoms. The number of ether oxygens (including phenoxy) is 1. The first-order chi connectivity index (χ1) is 15.3. The summed E-state index contributed by atoms with van der Waals surface area (Å²) in [7, 11) is 3.61. The number of aliphatic hydroxyl groups is 1. The number of aryl methyl sites for hydroxylation is 1. The van der Waals surface area contributed by atoms with Crippen LogP contribution in [0.5, 0.6) is 5.75 Å². The van der Waals surface area contributed by atoms with Crippen molar-refractivity contribution in [2.45, 2.75) is 57.5 Å². The Balaban J connectivity index is 1.79. The molecule has 0 saturated heterocycles. The average Bonchev–Trinajstić information content (AvgIpc) is 3.43. The molecule has 2 atom stereocenters. The van der Waals surface area contributed by atoms with Crippen LogP contribution in [0.1, 0.15) is 60.7 Å². The number of amides is 1. The third-order valence-corrected chi connectivity index (χ3v) is 7.79. The van der Waals surface area contributed by atoms with Crippen LogP contribution in [0.25, 0.3) is 0 Å². The third kappa shape index (κ3) is 4.06. The number of carbonyl (C=O) groups excluding carboxylic acids is 1. The Bertz CT molecular complexity index is 1010. The van der Waals surface area contributed by atoms with E-state index < -0.39 is 0 Å². The van der Waals surface area contributed by atoms with Gasteiger partial charge in [0.2, 0.25) is 0 Å². The molecule has 2 aromatic rings. The third-order valence-electron chi connectivity index (χ3n) is 6.81. The summed E-state index contributed by atoms with van der Waals surface area (Å²) in [4.78, 5) is 19.0. The quantitative estimate of drug-likeness (QED) is 0.697. The number of carbonyl (C=O) groups is 1. The minimum Gasteiger partial charge on any atom is -0.496 e. The van der Waals surface area contributed by atoms with Crippen LogP contribution >= 0.6 is 11.3 Å². The van der Waals surface area contributed by atoms with Crippen molar-refractivity contribution in [2.75, 3.05) is 27.3 Å². The summed E-state index contributed by atoms with van der Waals surface area (Å²) < 4.78 is 5.68. The van der Waals surface area contributed by atoms with E-state index in [1.54, 1.807) is 18.4 Å². The molecule has 3 heterocycles. The molecule has 4 rings (SSSR count). The Morgan fingerprint density at radius 1 is 1.34 bits per heavy atom. The molecule has 32 heavy (non-hydrogen) atoms. The van der Waals surface area contributed by atoms with Crippen LogP contribution in [0.3, 0.4) is 0 Å². The molecule has 0 radical (unpaired) electrons. The monoisotopic (exact) mass is 454 g/mol. The van der Waals surface area contributed by atoms with Crippen molar-refractivity contribution in [2.24, 2.45) is 0 Å². The van der Waals surface area contributed by atoms with Gasteiger partial charge in [-0.05, 0) is 86.4 Å². The number of rotatable bonds is 6. The van der Waals surface area contributed by atoms with E-state index in [2.05, 4.69) is 61.4 Å². The summed E-state index contributed by atoms with van der Waals surface area (Å²) >= 11 is 1.75. The summed E-state index contributed by atoms with van der Waals surface area (Å²) in [6, 6.07) is 8.80. The second-order valence-corrected chi connectivity index (χ2v) is 10.7. The van der Waals surface area contributed by atoms with Gasteiger partial charge in [0.25, 0.3) is 5.91 Å². The molecular weight excluding hydrogens is 420 g/mol. The van der Waals surface area contributed by atoms with Crippen molar-refractivity contribution in [3.8, 4) is 5.75 Å². The molecule has 2 aliphatic rings. The van der Waals surface area contributed by atoms with Gasteiger partial charge in [-0.15, -0.1) is 11.3 Å². The van der Waals surface area contributed by atoms with Crippen LogP contribution < -0.4 is 4.74 Å². The molecule has 1 aromatic heterocycles. The number of hydrogen-bond acceptors (Lipinski definition) is 5. The fourth-order valence-corrected chi connectivity index (χ4v) is 5.61. The van der Waals surface area contributed by atoms with Gasteiger partial charge in [0.05, 0.1) is 18.8 Å². The summed E-state index contributed by atoms with van der Waals surface area (Å²) in [6.45, 7) is 7.18. The Labute approximate surface area is 195 Å². The zero-order valence-electron chi connectivity index (χ0n) is 19.7. The summed E-state index contributed by atoms with van der Waals surface area (Å²) in [5.74, 6) is 1.12. The molecule has 5 nitrogen and oxygen atoms in total. The first-order valence-electron chi connectivity index (χ1n) is 11.4. The van der Waals surface area contributed by atoms with Crippen LogP contribution in [0.4, 0.5) is 0 Å². The van der Waals surface area contributed by atoms with Gasteiger partial charge < -0.3 is 19.6 Å². The minimum absolute atomic E-state index is 0.0824. The van der Waals surface area contributed by atoms with Crippen molar-refractivity contribution < 1.29 is 14.6 Å². The molecule has 0 spiro atoms. The summed E-state index contributed by atoms with van der Waals surface area (Å²) in [5, 5.41) is 11.5. The van der Waals surface area contributed by atoms with Gasteiger partial charge >= 0.3 is 0 Å². The zero-order chi connectivity index (χ0) is 23.0. The predicted molar refractivity (Wildman–Crippen MR) is 129 cm³/mol. The molecule has 0 aliphatic carbocycles.